The highest BCUT2D eigenvalue weighted by molar-refractivity contribution is 5.82. The molecule has 0 aromatic heterocycles. The van der Waals surface area contributed by atoms with Gasteiger partial charge in [-0.3, -0.25) is 4.79 Å². The van der Waals surface area contributed by atoms with E-state index < -0.39 is 6.10 Å². The number of nitrogens with zero attached hydrogens (tertiary/aromatic N) is 2. The van der Waals surface area contributed by atoms with Crippen molar-refractivity contribution in [1.29, 1.82) is 0 Å². The molecule has 1 saturated heterocycles. The summed E-state index contributed by atoms with van der Waals surface area (Å²) in [5.41, 5.74) is 1.55. The van der Waals surface area contributed by atoms with E-state index in [4.69, 9.17) is 4.74 Å². The van der Waals surface area contributed by atoms with Gasteiger partial charge in [0.25, 0.3) is 0 Å². The molecule has 1 aromatic carbocycles. The Hall–Kier alpha value is -1.75. The number of likely N-dealkylation sites (N-methyl/N-ethyl adjacent to an activating group) is 1. The van der Waals surface area contributed by atoms with Gasteiger partial charge in [-0.25, -0.2) is 0 Å². The van der Waals surface area contributed by atoms with Gasteiger partial charge in [-0.15, -0.1) is 0 Å². The van der Waals surface area contributed by atoms with Crippen LogP contribution in [0.4, 0.5) is 5.69 Å². The zero-order valence-electron chi connectivity index (χ0n) is 13.0. The van der Waals surface area contributed by atoms with Crippen LogP contribution in [0.5, 0.6) is 5.75 Å². The van der Waals surface area contributed by atoms with Crippen molar-refractivity contribution in [2.75, 3.05) is 38.7 Å². The molecule has 5 nitrogen and oxygen atoms in total. The van der Waals surface area contributed by atoms with E-state index in [0.29, 0.717) is 12.3 Å². The zero-order valence-corrected chi connectivity index (χ0v) is 13.0. The van der Waals surface area contributed by atoms with E-state index in [0.717, 1.165) is 37.2 Å². The molecule has 0 radical (unpaired) electrons. The number of carbonyl (C=O) groups excluding carboxylic acids is 1. The highest BCUT2D eigenvalue weighted by atomic mass is 16.5. The average Bonchev–Trinajstić information content (AvgIpc) is 3.00. The predicted octanol–water partition coefficient (Wildman–Crippen LogP) is 1.81. The number of rotatable bonds is 5. The van der Waals surface area contributed by atoms with Crippen molar-refractivity contribution in [3.63, 3.8) is 0 Å². The lowest BCUT2D eigenvalue weighted by atomic mass is 10.1. The molecule has 1 fully saturated rings. The number of aliphatic hydroxyl groups excluding tert-OH is 1. The number of amides is 1. The Balaban J connectivity index is 2.18. The molecular weight excluding hydrogens is 268 g/mol. The van der Waals surface area contributed by atoms with Crippen molar-refractivity contribution in [2.45, 2.75) is 25.9 Å². The third-order valence-corrected chi connectivity index (χ3v) is 3.92. The van der Waals surface area contributed by atoms with E-state index in [-0.39, 0.29) is 5.91 Å². The lowest BCUT2D eigenvalue weighted by Gasteiger charge is -2.26. The first-order chi connectivity index (χ1) is 10.0. The van der Waals surface area contributed by atoms with E-state index in [1.54, 1.807) is 14.0 Å². The topological polar surface area (TPSA) is 53.0 Å². The molecule has 2 rings (SSSR count). The van der Waals surface area contributed by atoms with Crippen LogP contribution in [0.15, 0.2) is 18.2 Å². The van der Waals surface area contributed by atoms with E-state index >= 15 is 0 Å². The van der Waals surface area contributed by atoms with Crippen LogP contribution in [0, 0.1) is 0 Å². The second-order valence-electron chi connectivity index (χ2n) is 5.51. The molecule has 1 N–H and O–H groups in total. The van der Waals surface area contributed by atoms with Crippen molar-refractivity contribution in [3.8, 4) is 5.75 Å². The maximum Gasteiger partial charge on any atom is 0.242 e. The summed E-state index contributed by atoms with van der Waals surface area (Å²) < 4.78 is 5.32. The lowest BCUT2D eigenvalue weighted by Crippen LogP contribution is -2.37. The van der Waals surface area contributed by atoms with Crippen LogP contribution in [0.25, 0.3) is 0 Å². The molecule has 1 amide bonds. The van der Waals surface area contributed by atoms with Crippen LogP contribution < -0.4 is 9.64 Å². The quantitative estimate of drug-likeness (QED) is 0.899. The monoisotopic (exact) mass is 292 g/mol. The summed E-state index contributed by atoms with van der Waals surface area (Å²) >= 11 is 0. The molecule has 1 aromatic rings. The Bertz CT molecular complexity index is 496. The third kappa shape index (κ3) is 3.47. The van der Waals surface area contributed by atoms with Gasteiger partial charge >= 0.3 is 0 Å². The SMILES string of the molecule is COc1cccc(N(C)CC(=O)N2CCCC2)c1C(C)O. The largest absolute Gasteiger partial charge is 0.496 e. The van der Waals surface area contributed by atoms with Crippen molar-refractivity contribution in [3.05, 3.63) is 23.8 Å². The highest BCUT2D eigenvalue weighted by Crippen LogP contribution is 2.34. The summed E-state index contributed by atoms with van der Waals surface area (Å²) in [5.74, 6) is 0.775. The van der Waals surface area contributed by atoms with Gasteiger partial charge in [-0.1, -0.05) is 6.07 Å². The zero-order chi connectivity index (χ0) is 15.4. The van der Waals surface area contributed by atoms with Gasteiger partial charge in [-0.2, -0.15) is 0 Å². The molecule has 1 aliphatic rings. The summed E-state index contributed by atoms with van der Waals surface area (Å²) in [6.45, 7) is 3.73. The van der Waals surface area contributed by atoms with Gasteiger partial charge in [0.15, 0.2) is 0 Å². The van der Waals surface area contributed by atoms with Crippen LogP contribution in [-0.2, 0) is 4.79 Å². The van der Waals surface area contributed by atoms with Gasteiger partial charge in [0.05, 0.1) is 19.8 Å². The Kier molecular flexibility index (Phi) is 5.07. The first-order valence-electron chi connectivity index (χ1n) is 7.38. The van der Waals surface area contributed by atoms with Crippen molar-refractivity contribution >= 4 is 11.6 Å². The predicted molar refractivity (Wildman–Crippen MR) is 82.7 cm³/mol. The second kappa shape index (κ2) is 6.80. The summed E-state index contributed by atoms with van der Waals surface area (Å²) in [7, 11) is 3.45. The van der Waals surface area contributed by atoms with Gasteiger partial charge in [0.2, 0.25) is 5.91 Å². The number of aliphatic hydroxyl groups is 1. The molecule has 116 valence electrons. The number of hydrogen-bond donors (Lipinski definition) is 1. The number of methoxy groups -OCH3 is 1. The smallest absolute Gasteiger partial charge is 0.242 e. The maximum absolute atomic E-state index is 12.3. The van der Waals surface area contributed by atoms with Gasteiger partial charge in [0.1, 0.15) is 5.75 Å². The maximum atomic E-state index is 12.3. The van der Waals surface area contributed by atoms with E-state index in [2.05, 4.69) is 0 Å². The molecule has 1 atom stereocenters. The Morgan fingerprint density at radius 2 is 2.10 bits per heavy atom. The van der Waals surface area contributed by atoms with Gasteiger partial charge in [0, 0.05) is 31.4 Å². The van der Waals surface area contributed by atoms with Crippen LogP contribution in [-0.4, -0.2) is 49.7 Å². The minimum absolute atomic E-state index is 0.134. The highest BCUT2D eigenvalue weighted by Gasteiger charge is 2.22. The van der Waals surface area contributed by atoms with E-state index in [9.17, 15) is 9.90 Å². The van der Waals surface area contributed by atoms with Crippen molar-refractivity contribution < 1.29 is 14.6 Å². The molecule has 0 saturated carbocycles. The normalized spacial score (nSPS) is 15.9. The fourth-order valence-electron chi connectivity index (χ4n) is 2.82. The Labute approximate surface area is 126 Å². The van der Waals surface area contributed by atoms with Crippen LogP contribution in [0.3, 0.4) is 0 Å². The van der Waals surface area contributed by atoms with E-state index in [1.807, 2.05) is 35.0 Å². The molecule has 1 aliphatic heterocycles. The van der Waals surface area contributed by atoms with Crippen molar-refractivity contribution in [1.82, 2.24) is 4.90 Å². The van der Waals surface area contributed by atoms with Crippen LogP contribution >= 0.6 is 0 Å². The number of benzene rings is 1. The summed E-state index contributed by atoms with van der Waals surface area (Å²) in [4.78, 5) is 16.0. The second-order valence-corrected chi connectivity index (χ2v) is 5.51. The minimum Gasteiger partial charge on any atom is -0.496 e. The summed E-state index contributed by atoms with van der Waals surface area (Å²) in [6, 6.07) is 5.60. The minimum atomic E-state index is -0.652. The fraction of sp³-hybridized carbons (Fsp3) is 0.562. The number of anilines is 1. The van der Waals surface area contributed by atoms with Crippen molar-refractivity contribution in [2.24, 2.45) is 0 Å². The molecule has 0 aliphatic carbocycles. The molecule has 1 heterocycles. The van der Waals surface area contributed by atoms with Crippen LogP contribution in [0.1, 0.15) is 31.4 Å². The average molecular weight is 292 g/mol. The Morgan fingerprint density at radius 1 is 1.43 bits per heavy atom. The molecule has 1 unspecified atom stereocenters. The molecule has 21 heavy (non-hydrogen) atoms. The third-order valence-electron chi connectivity index (χ3n) is 3.92. The van der Waals surface area contributed by atoms with Gasteiger partial charge < -0.3 is 19.6 Å². The number of likely N-dealkylation sites (tertiary alicyclic amines) is 1. The summed E-state index contributed by atoms with van der Waals surface area (Å²) in [6.07, 6.45) is 1.53. The fourth-order valence-corrected chi connectivity index (χ4v) is 2.82. The number of ether oxygens (including phenoxy) is 1. The first-order valence-corrected chi connectivity index (χ1v) is 7.38. The molecule has 0 spiro atoms. The molecule has 0 bridgehead atoms. The first kappa shape index (κ1) is 15.6. The van der Waals surface area contributed by atoms with E-state index in [1.165, 1.54) is 0 Å². The molecular formula is C16H24N2O3. The standard InChI is InChI=1S/C16H24N2O3/c1-12(19)16-13(7-6-8-14(16)21-3)17(2)11-15(20)18-9-4-5-10-18/h6-8,12,19H,4-5,9-11H2,1-3H3. The molecule has 5 heteroatoms. The van der Waals surface area contributed by atoms with Gasteiger partial charge in [-0.05, 0) is 31.9 Å². The lowest BCUT2D eigenvalue weighted by molar-refractivity contribution is -0.128. The number of hydrogen-bond acceptors (Lipinski definition) is 4. The summed E-state index contributed by atoms with van der Waals surface area (Å²) in [5, 5.41) is 10.0. The Morgan fingerprint density at radius 3 is 2.67 bits per heavy atom. The number of carbonyl (C=O) groups is 1. The van der Waals surface area contributed by atoms with Crippen LogP contribution in [0.2, 0.25) is 0 Å².